The number of benzene rings is 1. The maximum atomic E-state index is 14.1. The van der Waals surface area contributed by atoms with Crippen molar-refractivity contribution in [3.05, 3.63) is 52.0 Å². The molecule has 0 radical (unpaired) electrons. The van der Waals surface area contributed by atoms with E-state index < -0.39 is 5.82 Å². The second-order valence-corrected chi connectivity index (χ2v) is 5.51. The van der Waals surface area contributed by atoms with Crippen LogP contribution in [-0.2, 0) is 4.79 Å². The van der Waals surface area contributed by atoms with Gasteiger partial charge in [0.15, 0.2) is 0 Å². The molecule has 0 saturated heterocycles. The largest absolute Gasteiger partial charge is 0.274 e. The molecule has 0 atom stereocenters. The molecular formula is C16H15ClFNO. The van der Waals surface area contributed by atoms with Crippen molar-refractivity contribution in [2.24, 2.45) is 0 Å². The van der Waals surface area contributed by atoms with Crippen molar-refractivity contribution >= 4 is 23.2 Å². The number of allylic oxidation sites excluding steroid dienone is 2. The lowest BCUT2D eigenvalue weighted by atomic mass is 9.92. The predicted molar refractivity (Wildman–Crippen MR) is 78.1 cm³/mol. The van der Waals surface area contributed by atoms with Gasteiger partial charge in [0.05, 0.1) is 5.69 Å². The lowest BCUT2D eigenvalue weighted by Crippen LogP contribution is -2.26. The first-order valence-electron chi connectivity index (χ1n) is 6.81. The molecule has 1 aliphatic carbocycles. The molecule has 2 aliphatic rings. The first-order valence-corrected chi connectivity index (χ1v) is 7.19. The van der Waals surface area contributed by atoms with Gasteiger partial charge in [0.1, 0.15) is 5.82 Å². The molecule has 1 amide bonds. The molecule has 0 fully saturated rings. The number of carbonyl (C=O) groups excluding carboxylic acids is 1. The summed E-state index contributed by atoms with van der Waals surface area (Å²) in [5.41, 5.74) is 3.03. The molecule has 1 heterocycles. The summed E-state index contributed by atoms with van der Waals surface area (Å²) in [5.74, 6) is -0.556. The first kappa shape index (κ1) is 13.4. The lowest BCUT2D eigenvalue weighted by Gasteiger charge is -2.20. The number of nitrogens with zero attached hydrogens (tertiary/aromatic N) is 1. The zero-order valence-corrected chi connectivity index (χ0v) is 12.0. The Kier molecular flexibility index (Phi) is 3.38. The number of hydrogen-bond donors (Lipinski definition) is 0. The SMILES string of the molecule is CC=C1C2=C(CCCC2)C(=O)N1c1ccc(Cl)cc1F. The third-order valence-corrected chi connectivity index (χ3v) is 4.14. The number of rotatable bonds is 1. The van der Waals surface area contributed by atoms with E-state index in [1.54, 1.807) is 12.1 Å². The van der Waals surface area contributed by atoms with Crippen LogP contribution in [0.5, 0.6) is 0 Å². The summed E-state index contributed by atoms with van der Waals surface area (Å²) in [5, 5.41) is 0.331. The van der Waals surface area contributed by atoms with Crippen molar-refractivity contribution in [2.45, 2.75) is 32.6 Å². The van der Waals surface area contributed by atoms with Crippen molar-refractivity contribution < 1.29 is 9.18 Å². The predicted octanol–water partition coefficient (Wildman–Crippen LogP) is 4.60. The third-order valence-electron chi connectivity index (χ3n) is 3.90. The summed E-state index contributed by atoms with van der Waals surface area (Å²) in [7, 11) is 0. The highest BCUT2D eigenvalue weighted by atomic mass is 35.5. The summed E-state index contributed by atoms with van der Waals surface area (Å²) in [6, 6.07) is 4.42. The molecule has 0 spiro atoms. The van der Waals surface area contributed by atoms with E-state index in [1.807, 2.05) is 13.0 Å². The summed E-state index contributed by atoms with van der Waals surface area (Å²) in [6.45, 7) is 1.88. The summed E-state index contributed by atoms with van der Waals surface area (Å²) >= 11 is 5.78. The lowest BCUT2D eigenvalue weighted by molar-refractivity contribution is -0.114. The minimum Gasteiger partial charge on any atom is -0.274 e. The van der Waals surface area contributed by atoms with Crippen LogP contribution >= 0.6 is 11.6 Å². The van der Waals surface area contributed by atoms with E-state index in [9.17, 15) is 9.18 Å². The molecule has 4 heteroatoms. The Balaban J connectivity index is 2.09. The fraction of sp³-hybridized carbons (Fsp3) is 0.312. The maximum Gasteiger partial charge on any atom is 0.259 e. The van der Waals surface area contributed by atoms with Crippen molar-refractivity contribution in [3.8, 4) is 0 Å². The van der Waals surface area contributed by atoms with E-state index in [1.165, 1.54) is 11.0 Å². The van der Waals surface area contributed by atoms with Gasteiger partial charge in [-0.1, -0.05) is 17.7 Å². The van der Waals surface area contributed by atoms with Crippen molar-refractivity contribution in [1.82, 2.24) is 0 Å². The molecular weight excluding hydrogens is 277 g/mol. The monoisotopic (exact) mass is 291 g/mol. The van der Waals surface area contributed by atoms with Gasteiger partial charge in [-0.2, -0.15) is 0 Å². The van der Waals surface area contributed by atoms with Gasteiger partial charge in [0, 0.05) is 16.3 Å². The Labute approximate surface area is 122 Å². The van der Waals surface area contributed by atoms with E-state index in [2.05, 4.69) is 0 Å². The minimum absolute atomic E-state index is 0.0889. The quantitative estimate of drug-likeness (QED) is 0.740. The van der Waals surface area contributed by atoms with Crippen LogP contribution in [0.2, 0.25) is 5.02 Å². The smallest absolute Gasteiger partial charge is 0.259 e. The van der Waals surface area contributed by atoms with Crippen LogP contribution < -0.4 is 4.90 Å². The Hall–Kier alpha value is -1.61. The number of anilines is 1. The van der Waals surface area contributed by atoms with Crippen LogP contribution in [0.4, 0.5) is 10.1 Å². The van der Waals surface area contributed by atoms with Crippen LogP contribution in [-0.4, -0.2) is 5.91 Å². The Morgan fingerprint density at radius 2 is 1.95 bits per heavy atom. The van der Waals surface area contributed by atoms with Gasteiger partial charge < -0.3 is 0 Å². The number of carbonyl (C=O) groups is 1. The summed E-state index contributed by atoms with van der Waals surface area (Å²) in [6.07, 6.45) is 5.68. The minimum atomic E-state index is -0.468. The molecule has 104 valence electrons. The highest BCUT2D eigenvalue weighted by molar-refractivity contribution is 6.30. The second-order valence-electron chi connectivity index (χ2n) is 5.07. The molecule has 0 bridgehead atoms. The first-order chi connectivity index (χ1) is 9.63. The zero-order valence-electron chi connectivity index (χ0n) is 11.2. The molecule has 0 N–H and O–H groups in total. The van der Waals surface area contributed by atoms with Crippen LogP contribution in [0.15, 0.2) is 41.1 Å². The highest BCUT2D eigenvalue weighted by Gasteiger charge is 2.37. The summed E-state index contributed by atoms with van der Waals surface area (Å²) < 4.78 is 14.1. The summed E-state index contributed by atoms with van der Waals surface area (Å²) in [4.78, 5) is 14.1. The molecule has 0 saturated carbocycles. The highest BCUT2D eigenvalue weighted by Crippen LogP contribution is 2.42. The molecule has 2 nitrogen and oxygen atoms in total. The average molecular weight is 292 g/mol. The molecule has 3 rings (SSSR count). The van der Waals surface area contributed by atoms with E-state index in [4.69, 9.17) is 11.6 Å². The topological polar surface area (TPSA) is 20.3 Å². The third kappa shape index (κ3) is 1.97. The van der Waals surface area contributed by atoms with Crippen molar-refractivity contribution in [3.63, 3.8) is 0 Å². The molecule has 0 unspecified atom stereocenters. The normalized spacial score (nSPS) is 20.9. The van der Waals surface area contributed by atoms with Gasteiger partial charge in [-0.05, 0) is 56.4 Å². The van der Waals surface area contributed by atoms with E-state index in [0.717, 1.165) is 42.5 Å². The molecule has 1 aliphatic heterocycles. The van der Waals surface area contributed by atoms with Gasteiger partial charge in [-0.15, -0.1) is 0 Å². The number of halogens is 2. The van der Waals surface area contributed by atoms with Crippen molar-refractivity contribution in [1.29, 1.82) is 0 Å². The molecule has 1 aromatic carbocycles. The second kappa shape index (κ2) is 5.06. The van der Waals surface area contributed by atoms with Crippen LogP contribution in [0.1, 0.15) is 32.6 Å². The standard InChI is InChI=1S/C16H15ClFNO/c1-2-14-11-5-3-4-6-12(11)16(20)19(14)15-8-7-10(17)9-13(15)18/h2,7-9H,3-6H2,1H3. The molecule has 20 heavy (non-hydrogen) atoms. The maximum absolute atomic E-state index is 14.1. The van der Waals surface area contributed by atoms with Crippen LogP contribution in [0, 0.1) is 5.82 Å². The van der Waals surface area contributed by atoms with Crippen LogP contribution in [0.3, 0.4) is 0 Å². The fourth-order valence-corrected chi connectivity index (χ4v) is 3.17. The average Bonchev–Trinajstić information content (AvgIpc) is 2.72. The molecule has 1 aromatic rings. The van der Waals surface area contributed by atoms with Gasteiger partial charge in [-0.3, -0.25) is 9.69 Å². The van der Waals surface area contributed by atoms with Gasteiger partial charge >= 0.3 is 0 Å². The number of hydrogen-bond acceptors (Lipinski definition) is 1. The van der Waals surface area contributed by atoms with E-state index >= 15 is 0 Å². The van der Waals surface area contributed by atoms with Gasteiger partial charge in [0.25, 0.3) is 5.91 Å². The Bertz CT molecular complexity index is 648. The number of amides is 1. The fourth-order valence-electron chi connectivity index (χ4n) is 3.01. The van der Waals surface area contributed by atoms with Gasteiger partial charge in [-0.25, -0.2) is 4.39 Å². The van der Waals surface area contributed by atoms with Gasteiger partial charge in [0.2, 0.25) is 0 Å². The van der Waals surface area contributed by atoms with E-state index in [0.29, 0.717) is 5.02 Å². The Morgan fingerprint density at radius 1 is 1.25 bits per heavy atom. The van der Waals surface area contributed by atoms with E-state index in [-0.39, 0.29) is 11.6 Å². The Morgan fingerprint density at radius 3 is 2.60 bits per heavy atom. The van der Waals surface area contributed by atoms with Crippen molar-refractivity contribution in [2.75, 3.05) is 4.90 Å². The molecule has 0 aromatic heterocycles. The van der Waals surface area contributed by atoms with Crippen LogP contribution in [0.25, 0.3) is 0 Å². The zero-order chi connectivity index (χ0) is 14.3.